The Bertz CT molecular complexity index is 521. The van der Waals surface area contributed by atoms with E-state index < -0.39 is 0 Å². The van der Waals surface area contributed by atoms with Crippen molar-refractivity contribution >= 4 is 5.96 Å². The van der Waals surface area contributed by atoms with Gasteiger partial charge in [-0.3, -0.25) is 4.99 Å². The fourth-order valence-electron chi connectivity index (χ4n) is 3.16. The molecule has 3 rings (SSSR count). The zero-order chi connectivity index (χ0) is 14.8. The van der Waals surface area contributed by atoms with Crippen LogP contribution in [-0.4, -0.2) is 37.0 Å². The molecule has 0 bridgehead atoms. The number of benzene rings is 1. The molecule has 1 heterocycles. The average Bonchev–Trinajstić information content (AvgIpc) is 3.25. The summed E-state index contributed by atoms with van der Waals surface area (Å²) in [5.41, 5.74) is 0.831. The van der Waals surface area contributed by atoms with Crippen LogP contribution in [0.5, 0.6) is 0 Å². The number of aliphatic imine (C=N–C) groups is 1. The van der Waals surface area contributed by atoms with E-state index in [1.54, 1.807) is 12.1 Å². The van der Waals surface area contributed by atoms with Crippen LogP contribution in [0.4, 0.5) is 4.39 Å². The smallest absolute Gasteiger partial charge is 0.193 e. The van der Waals surface area contributed by atoms with Gasteiger partial charge >= 0.3 is 0 Å². The molecule has 1 aromatic carbocycles. The van der Waals surface area contributed by atoms with Crippen LogP contribution in [0.3, 0.4) is 0 Å². The molecule has 1 aliphatic carbocycles. The number of guanidine groups is 1. The molecule has 1 aliphatic heterocycles. The number of piperidine rings is 1. The lowest BCUT2D eigenvalue weighted by Gasteiger charge is -2.33. The molecular weight excluding hydrogens is 265 g/mol. The van der Waals surface area contributed by atoms with E-state index in [1.807, 2.05) is 19.2 Å². The Morgan fingerprint density at radius 1 is 1.29 bits per heavy atom. The van der Waals surface area contributed by atoms with Crippen LogP contribution < -0.4 is 5.32 Å². The standard InChI is InChI=1S/C17H24FN3/c1-12-7-9-21(10-8-12)17(19-2)20-16-11-14(16)13-5-3-4-6-15(13)18/h3-6,12,14,16H,7-11H2,1-2H3,(H,19,20). The average molecular weight is 289 g/mol. The van der Waals surface area contributed by atoms with E-state index in [0.717, 1.165) is 37.0 Å². The van der Waals surface area contributed by atoms with Crippen molar-refractivity contribution in [3.05, 3.63) is 35.6 Å². The lowest BCUT2D eigenvalue weighted by Crippen LogP contribution is -2.46. The number of halogens is 1. The molecule has 1 aromatic rings. The zero-order valence-electron chi connectivity index (χ0n) is 12.8. The van der Waals surface area contributed by atoms with Gasteiger partial charge in [-0.15, -0.1) is 0 Å². The molecule has 1 saturated heterocycles. The highest BCUT2D eigenvalue weighted by molar-refractivity contribution is 5.80. The highest BCUT2D eigenvalue weighted by Gasteiger charge is 2.41. The molecule has 2 unspecified atom stereocenters. The van der Waals surface area contributed by atoms with Crippen molar-refractivity contribution in [2.24, 2.45) is 10.9 Å². The van der Waals surface area contributed by atoms with Crippen molar-refractivity contribution in [2.75, 3.05) is 20.1 Å². The minimum atomic E-state index is -0.0893. The Balaban J connectivity index is 1.59. The fraction of sp³-hybridized carbons (Fsp3) is 0.588. The van der Waals surface area contributed by atoms with E-state index in [1.165, 1.54) is 12.8 Å². The summed E-state index contributed by atoms with van der Waals surface area (Å²) in [5, 5.41) is 3.51. The Morgan fingerprint density at radius 3 is 2.67 bits per heavy atom. The van der Waals surface area contributed by atoms with Crippen molar-refractivity contribution in [3.63, 3.8) is 0 Å². The van der Waals surface area contributed by atoms with Gasteiger partial charge in [0, 0.05) is 32.1 Å². The van der Waals surface area contributed by atoms with Crippen molar-refractivity contribution in [1.29, 1.82) is 0 Å². The molecule has 2 fully saturated rings. The van der Waals surface area contributed by atoms with Gasteiger partial charge in [0.15, 0.2) is 5.96 Å². The number of rotatable bonds is 2. The van der Waals surface area contributed by atoms with Crippen LogP contribution in [0.2, 0.25) is 0 Å². The lowest BCUT2D eigenvalue weighted by atomic mass is 9.99. The number of hydrogen-bond donors (Lipinski definition) is 1. The molecule has 2 aliphatic rings. The second kappa shape index (κ2) is 6.04. The second-order valence-electron chi connectivity index (χ2n) is 6.33. The van der Waals surface area contributed by atoms with Crippen LogP contribution in [0.15, 0.2) is 29.3 Å². The van der Waals surface area contributed by atoms with E-state index >= 15 is 0 Å². The summed E-state index contributed by atoms with van der Waals surface area (Å²) in [4.78, 5) is 6.74. The summed E-state index contributed by atoms with van der Waals surface area (Å²) in [7, 11) is 1.83. The van der Waals surface area contributed by atoms with E-state index in [9.17, 15) is 4.39 Å². The highest BCUT2D eigenvalue weighted by atomic mass is 19.1. The maximum absolute atomic E-state index is 13.8. The maximum atomic E-state index is 13.8. The molecule has 2 atom stereocenters. The second-order valence-corrected chi connectivity index (χ2v) is 6.33. The molecule has 21 heavy (non-hydrogen) atoms. The van der Waals surface area contributed by atoms with Crippen molar-refractivity contribution in [1.82, 2.24) is 10.2 Å². The van der Waals surface area contributed by atoms with Gasteiger partial charge in [0.2, 0.25) is 0 Å². The Labute approximate surface area is 126 Å². The van der Waals surface area contributed by atoms with Gasteiger partial charge in [0.25, 0.3) is 0 Å². The molecule has 0 amide bonds. The van der Waals surface area contributed by atoms with Crippen LogP contribution >= 0.6 is 0 Å². The van der Waals surface area contributed by atoms with E-state index in [4.69, 9.17) is 0 Å². The van der Waals surface area contributed by atoms with Crippen LogP contribution in [0.1, 0.15) is 37.7 Å². The monoisotopic (exact) mass is 289 g/mol. The molecule has 0 radical (unpaired) electrons. The Kier molecular flexibility index (Phi) is 4.13. The van der Waals surface area contributed by atoms with Crippen LogP contribution in [-0.2, 0) is 0 Å². The lowest BCUT2D eigenvalue weighted by molar-refractivity contribution is 0.273. The van der Waals surface area contributed by atoms with Gasteiger partial charge in [-0.2, -0.15) is 0 Å². The first kappa shape index (κ1) is 14.4. The molecule has 1 N–H and O–H groups in total. The van der Waals surface area contributed by atoms with Gasteiger partial charge < -0.3 is 10.2 Å². The molecule has 0 aromatic heterocycles. The minimum Gasteiger partial charge on any atom is -0.353 e. The first-order chi connectivity index (χ1) is 10.2. The minimum absolute atomic E-state index is 0.0893. The summed E-state index contributed by atoms with van der Waals surface area (Å²) in [6, 6.07) is 7.42. The molecule has 0 spiro atoms. The van der Waals surface area contributed by atoms with Crippen molar-refractivity contribution in [3.8, 4) is 0 Å². The number of likely N-dealkylation sites (tertiary alicyclic amines) is 1. The van der Waals surface area contributed by atoms with Crippen LogP contribution in [0, 0.1) is 11.7 Å². The first-order valence-corrected chi connectivity index (χ1v) is 7.91. The van der Waals surface area contributed by atoms with Gasteiger partial charge in [0.05, 0.1) is 0 Å². The molecular formula is C17H24FN3. The third kappa shape index (κ3) is 3.20. The Morgan fingerprint density at radius 2 is 2.00 bits per heavy atom. The normalized spacial score (nSPS) is 26.8. The van der Waals surface area contributed by atoms with Gasteiger partial charge in [-0.25, -0.2) is 4.39 Å². The van der Waals surface area contributed by atoms with E-state index in [2.05, 4.69) is 22.1 Å². The van der Waals surface area contributed by atoms with Crippen molar-refractivity contribution < 1.29 is 4.39 Å². The highest BCUT2D eigenvalue weighted by Crippen LogP contribution is 2.41. The number of nitrogens with zero attached hydrogens (tertiary/aromatic N) is 2. The quantitative estimate of drug-likeness (QED) is 0.669. The van der Waals surface area contributed by atoms with E-state index in [0.29, 0.717) is 6.04 Å². The van der Waals surface area contributed by atoms with Gasteiger partial charge in [-0.1, -0.05) is 25.1 Å². The topological polar surface area (TPSA) is 27.6 Å². The third-order valence-corrected chi connectivity index (χ3v) is 4.70. The third-order valence-electron chi connectivity index (χ3n) is 4.70. The fourth-order valence-corrected chi connectivity index (χ4v) is 3.16. The molecule has 114 valence electrons. The number of nitrogens with one attached hydrogen (secondary N) is 1. The van der Waals surface area contributed by atoms with Crippen molar-refractivity contribution in [2.45, 2.75) is 38.1 Å². The summed E-state index contributed by atoms with van der Waals surface area (Å²) < 4.78 is 13.8. The predicted octanol–water partition coefficient (Wildman–Crippen LogP) is 2.99. The Hall–Kier alpha value is -1.58. The largest absolute Gasteiger partial charge is 0.353 e. The van der Waals surface area contributed by atoms with E-state index in [-0.39, 0.29) is 11.7 Å². The van der Waals surface area contributed by atoms with Gasteiger partial charge in [0.1, 0.15) is 5.82 Å². The molecule has 1 saturated carbocycles. The summed E-state index contributed by atoms with van der Waals surface area (Å²) in [6.45, 7) is 4.44. The molecule has 4 heteroatoms. The first-order valence-electron chi connectivity index (χ1n) is 7.91. The maximum Gasteiger partial charge on any atom is 0.193 e. The SMILES string of the molecule is CN=C(NC1CC1c1ccccc1F)N1CCC(C)CC1. The predicted molar refractivity (Wildman–Crippen MR) is 84.0 cm³/mol. The zero-order valence-corrected chi connectivity index (χ0v) is 12.8. The van der Waals surface area contributed by atoms with Crippen LogP contribution in [0.25, 0.3) is 0 Å². The summed E-state index contributed by atoms with van der Waals surface area (Å²) >= 11 is 0. The number of hydrogen-bond acceptors (Lipinski definition) is 1. The molecule has 3 nitrogen and oxygen atoms in total. The van der Waals surface area contributed by atoms with Gasteiger partial charge in [-0.05, 0) is 36.8 Å². The summed E-state index contributed by atoms with van der Waals surface area (Å²) in [6.07, 6.45) is 3.44. The summed E-state index contributed by atoms with van der Waals surface area (Å²) in [5.74, 6) is 1.98.